The van der Waals surface area contributed by atoms with E-state index in [1.807, 2.05) is 6.07 Å². The molecule has 0 N–H and O–H groups in total. The van der Waals surface area contributed by atoms with Crippen molar-refractivity contribution < 1.29 is 14.3 Å². The Hall–Kier alpha value is -1.48. The second-order valence-electron chi connectivity index (χ2n) is 2.75. The van der Waals surface area contributed by atoms with E-state index in [4.69, 9.17) is 16.3 Å². The lowest BCUT2D eigenvalue weighted by molar-refractivity contribution is 0.0923. The second kappa shape index (κ2) is 5.41. The molecule has 3 nitrogen and oxygen atoms in total. The lowest BCUT2D eigenvalue weighted by Crippen LogP contribution is -2.14. The summed E-state index contributed by atoms with van der Waals surface area (Å²) in [6, 6.07) is 7.00. The quantitative estimate of drug-likeness (QED) is 0.450. The molecule has 0 fully saturated rings. The lowest BCUT2D eigenvalue weighted by Gasteiger charge is -2.08. The zero-order valence-corrected chi connectivity index (χ0v) is 9.03. The van der Waals surface area contributed by atoms with Crippen molar-refractivity contribution in [1.82, 2.24) is 0 Å². The Morgan fingerprint density at radius 3 is 2.80 bits per heavy atom. The molecule has 1 aromatic rings. The Morgan fingerprint density at radius 1 is 1.53 bits per heavy atom. The molecule has 0 saturated heterocycles. The summed E-state index contributed by atoms with van der Waals surface area (Å²) in [5.74, 6) is 0.398. The minimum absolute atomic E-state index is 0.398. The van der Waals surface area contributed by atoms with Crippen molar-refractivity contribution in [2.75, 3.05) is 0 Å². The van der Waals surface area contributed by atoms with Gasteiger partial charge >= 0.3 is 6.16 Å². The van der Waals surface area contributed by atoms with Gasteiger partial charge in [-0.05, 0) is 13.0 Å². The molecule has 0 aliphatic carbocycles. The summed E-state index contributed by atoms with van der Waals surface area (Å²) in [5.41, 5.74) is 0.00469. The number of hydrogen-bond acceptors (Lipinski definition) is 3. The largest absolute Gasteiger partial charge is 0.515 e. The van der Waals surface area contributed by atoms with Crippen molar-refractivity contribution in [3.63, 3.8) is 0 Å². The predicted octanol–water partition coefficient (Wildman–Crippen LogP) is 3.43. The van der Waals surface area contributed by atoms with Gasteiger partial charge in [-0.2, -0.15) is 0 Å². The van der Waals surface area contributed by atoms with E-state index in [0.717, 1.165) is 5.56 Å². The first-order valence-electron chi connectivity index (χ1n) is 4.37. The summed E-state index contributed by atoms with van der Waals surface area (Å²) in [6.45, 7) is 5.13. The third kappa shape index (κ3) is 3.64. The number of halogens is 1. The highest BCUT2D eigenvalue weighted by Gasteiger charge is 2.10. The third-order valence-corrected chi connectivity index (χ3v) is 1.68. The molecule has 1 aromatic carbocycles. The molecular formula is C11H11ClO3. The fourth-order valence-corrected chi connectivity index (χ4v) is 1.06. The van der Waals surface area contributed by atoms with Crippen LogP contribution < -0.4 is 4.74 Å². The monoisotopic (exact) mass is 226 g/mol. The number of ether oxygens (including phenoxy) is 2. The molecule has 1 unspecified atom stereocenters. The first-order chi connectivity index (χ1) is 7.13. The molecule has 0 saturated carbocycles. The first kappa shape index (κ1) is 11.6. The average molecular weight is 227 g/mol. The van der Waals surface area contributed by atoms with Gasteiger partial charge in [0.25, 0.3) is 0 Å². The zero-order valence-electron chi connectivity index (χ0n) is 8.27. The number of carbonyl (C=O) groups excluding carboxylic acids is 1. The molecule has 0 amide bonds. The molecule has 0 radical (unpaired) electrons. The van der Waals surface area contributed by atoms with E-state index in [2.05, 4.69) is 11.3 Å². The summed E-state index contributed by atoms with van der Waals surface area (Å²) in [7, 11) is 0. The molecule has 0 spiro atoms. The van der Waals surface area contributed by atoms with Gasteiger partial charge in [-0.25, -0.2) is 4.79 Å². The van der Waals surface area contributed by atoms with E-state index in [1.54, 1.807) is 24.3 Å². The maximum atomic E-state index is 11.1. The maximum absolute atomic E-state index is 11.1. The Morgan fingerprint density at radius 2 is 2.20 bits per heavy atom. The van der Waals surface area contributed by atoms with Gasteiger partial charge in [0.05, 0.1) is 0 Å². The Balaban J connectivity index is 2.71. The molecule has 80 valence electrons. The van der Waals surface area contributed by atoms with Gasteiger partial charge in [0.1, 0.15) is 5.75 Å². The van der Waals surface area contributed by atoms with Gasteiger partial charge in [0.2, 0.25) is 0 Å². The number of carbonyl (C=O) groups is 1. The summed E-state index contributed by atoms with van der Waals surface area (Å²) in [4.78, 5) is 11.1. The lowest BCUT2D eigenvalue weighted by atomic mass is 10.2. The molecule has 0 aliphatic heterocycles. The van der Waals surface area contributed by atoms with Crippen molar-refractivity contribution in [1.29, 1.82) is 0 Å². The first-order valence-corrected chi connectivity index (χ1v) is 4.81. The average Bonchev–Trinajstić information content (AvgIpc) is 2.17. The van der Waals surface area contributed by atoms with Gasteiger partial charge in [-0.3, -0.25) is 0 Å². The fourth-order valence-electron chi connectivity index (χ4n) is 0.989. The van der Waals surface area contributed by atoms with Gasteiger partial charge < -0.3 is 9.47 Å². The Labute approximate surface area is 93.3 Å². The number of rotatable bonds is 3. The van der Waals surface area contributed by atoms with Crippen LogP contribution in [0.1, 0.15) is 12.5 Å². The second-order valence-corrected chi connectivity index (χ2v) is 3.37. The summed E-state index contributed by atoms with van der Waals surface area (Å²) >= 11 is 5.47. The van der Waals surface area contributed by atoms with Crippen molar-refractivity contribution in [3.05, 3.63) is 36.4 Å². The standard InChI is InChI=1S/C11H11ClO3/c1-3-9-6-4-5-7-10(9)15-11(13)14-8(2)12/h3-8H,1H2,2H3. The molecule has 1 rings (SSSR count). The van der Waals surface area contributed by atoms with Crippen molar-refractivity contribution in [3.8, 4) is 5.75 Å². The van der Waals surface area contributed by atoms with Crippen molar-refractivity contribution in [2.45, 2.75) is 12.5 Å². The smallest absolute Gasteiger partial charge is 0.415 e. The van der Waals surface area contributed by atoms with E-state index in [0.29, 0.717) is 5.75 Å². The molecular weight excluding hydrogens is 216 g/mol. The van der Waals surface area contributed by atoms with Gasteiger partial charge in [0.15, 0.2) is 5.56 Å². The van der Waals surface area contributed by atoms with E-state index in [-0.39, 0.29) is 0 Å². The SMILES string of the molecule is C=Cc1ccccc1OC(=O)OC(C)Cl. The Bertz CT molecular complexity index is 361. The van der Waals surface area contributed by atoms with Crippen molar-refractivity contribution in [2.24, 2.45) is 0 Å². The van der Waals surface area contributed by atoms with Crippen LogP contribution in [0.5, 0.6) is 5.75 Å². The van der Waals surface area contributed by atoms with Crippen LogP contribution in [0.3, 0.4) is 0 Å². The summed E-state index contributed by atoms with van der Waals surface area (Å²) < 4.78 is 9.55. The molecule has 0 aromatic heterocycles. The molecule has 0 bridgehead atoms. The van der Waals surface area contributed by atoms with Gasteiger partial charge in [0, 0.05) is 5.56 Å². The van der Waals surface area contributed by atoms with Crippen molar-refractivity contribution >= 4 is 23.8 Å². The highest BCUT2D eigenvalue weighted by Crippen LogP contribution is 2.19. The third-order valence-electron chi connectivity index (χ3n) is 1.59. The van der Waals surface area contributed by atoms with Crippen LogP contribution in [0.15, 0.2) is 30.8 Å². The summed E-state index contributed by atoms with van der Waals surface area (Å²) in [6.07, 6.45) is 0.763. The minimum Gasteiger partial charge on any atom is -0.415 e. The predicted molar refractivity (Wildman–Crippen MR) is 59.0 cm³/mol. The van der Waals surface area contributed by atoms with Crippen LogP contribution in [0.25, 0.3) is 6.08 Å². The highest BCUT2D eigenvalue weighted by atomic mass is 35.5. The van der Waals surface area contributed by atoms with Crippen LogP contribution in [0.2, 0.25) is 0 Å². The van der Waals surface area contributed by atoms with E-state index < -0.39 is 11.7 Å². The van der Waals surface area contributed by atoms with Crippen LogP contribution in [0, 0.1) is 0 Å². The minimum atomic E-state index is -0.827. The fraction of sp³-hybridized carbons (Fsp3) is 0.182. The molecule has 0 heterocycles. The van der Waals surface area contributed by atoms with E-state index >= 15 is 0 Å². The van der Waals surface area contributed by atoms with Gasteiger partial charge in [-0.1, -0.05) is 42.5 Å². The molecule has 0 aliphatic rings. The van der Waals surface area contributed by atoms with Crippen LogP contribution in [-0.4, -0.2) is 11.7 Å². The molecule has 1 atom stereocenters. The summed E-state index contributed by atoms with van der Waals surface area (Å²) in [5, 5.41) is 0. The van der Waals surface area contributed by atoms with Crippen LogP contribution >= 0.6 is 11.6 Å². The number of alkyl halides is 1. The topological polar surface area (TPSA) is 35.5 Å². The van der Waals surface area contributed by atoms with E-state index in [1.165, 1.54) is 6.92 Å². The highest BCUT2D eigenvalue weighted by molar-refractivity contribution is 6.19. The van der Waals surface area contributed by atoms with Crippen LogP contribution in [0.4, 0.5) is 4.79 Å². The number of hydrogen-bond donors (Lipinski definition) is 0. The maximum Gasteiger partial charge on any atom is 0.515 e. The number of benzene rings is 1. The molecule has 15 heavy (non-hydrogen) atoms. The molecule has 4 heteroatoms. The normalized spacial score (nSPS) is 11.6. The van der Waals surface area contributed by atoms with E-state index in [9.17, 15) is 4.79 Å². The zero-order chi connectivity index (χ0) is 11.3. The number of para-hydroxylation sites is 1. The van der Waals surface area contributed by atoms with Gasteiger partial charge in [-0.15, -0.1) is 0 Å². The Kier molecular flexibility index (Phi) is 4.18. The van der Waals surface area contributed by atoms with Crippen LogP contribution in [-0.2, 0) is 4.74 Å².